The minimum Gasteiger partial charge on any atom is -0.447 e. The largest absolute Gasteiger partial charge is 0.522 e. The van der Waals surface area contributed by atoms with Crippen molar-refractivity contribution < 1.29 is 41.4 Å². The number of likely N-dealkylation sites (tertiary alicyclic amines) is 1. The maximum absolute atomic E-state index is 13.0. The third kappa shape index (κ3) is 8.26. The van der Waals surface area contributed by atoms with Gasteiger partial charge < -0.3 is 19.2 Å². The molecule has 1 unspecified atom stereocenters. The number of hydrogen-bond acceptors (Lipinski definition) is 8. The summed E-state index contributed by atoms with van der Waals surface area (Å²) in [6, 6.07) is 5.37. The molecule has 198 valence electrons. The van der Waals surface area contributed by atoms with Crippen molar-refractivity contribution in [3.63, 3.8) is 0 Å². The Morgan fingerprint density at radius 3 is 2.61 bits per heavy atom. The molecule has 1 aliphatic heterocycles. The molecule has 10 nitrogen and oxygen atoms in total. The normalized spacial score (nSPS) is 18.6. The maximum atomic E-state index is 13.0. The first-order valence-electron chi connectivity index (χ1n) is 11.0. The highest BCUT2D eigenvalue weighted by molar-refractivity contribution is 6.30. The summed E-state index contributed by atoms with van der Waals surface area (Å²) in [6.07, 6.45) is -5.00. The number of carbonyl (C=O) groups is 2. The molecule has 2 amide bonds. The number of amides is 2. The molecule has 1 fully saturated rings. The molecule has 0 aliphatic carbocycles. The summed E-state index contributed by atoms with van der Waals surface area (Å²) in [5.41, 5.74) is -0.415. The molecule has 1 aromatic heterocycles. The van der Waals surface area contributed by atoms with Crippen LogP contribution in [0.15, 0.2) is 28.7 Å². The first-order valence-corrected chi connectivity index (χ1v) is 11.4. The van der Waals surface area contributed by atoms with E-state index in [0.717, 1.165) is 0 Å². The third-order valence-electron chi connectivity index (χ3n) is 4.91. The number of hydrogen-bond donors (Lipinski definition) is 1. The van der Waals surface area contributed by atoms with E-state index < -0.39 is 43.4 Å². The Balaban J connectivity index is 1.69. The predicted molar refractivity (Wildman–Crippen MR) is 119 cm³/mol. The average Bonchev–Trinajstić information content (AvgIpc) is 3.23. The molecule has 2 heterocycles. The molecule has 1 N–H and O–H groups in total. The zero-order valence-electron chi connectivity index (χ0n) is 19.8. The zero-order valence-corrected chi connectivity index (χ0v) is 20.6. The van der Waals surface area contributed by atoms with Gasteiger partial charge in [0.05, 0.1) is 6.61 Å². The van der Waals surface area contributed by atoms with E-state index in [1.54, 1.807) is 39.0 Å². The summed E-state index contributed by atoms with van der Waals surface area (Å²) < 4.78 is 55.8. The van der Waals surface area contributed by atoms with Crippen molar-refractivity contribution in [1.82, 2.24) is 20.4 Å². The van der Waals surface area contributed by atoms with Crippen LogP contribution in [0.3, 0.4) is 0 Å². The fourth-order valence-corrected chi connectivity index (χ4v) is 3.66. The Kier molecular flexibility index (Phi) is 8.67. The Morgan fingerprint density at radius 2 is 1.94 bits per heavy atom. The van der Waals surface area contributed by atoms with Crippen LogP contribution >= 0.6 is 11.6 Å². The monoisotopic (exact) mass is 534 g/mol. The third-order valence-corrected chi connectivity index (χ3v) is 5.15. The van der Waals surface area contributed by atoms with Gasteiger partial charge in [-0.15, -0.1) is 18.3 Å². The lowest BCUT2D eigenvalue weighted by Crippen LogP contribution is -2.52. The van der Waals surface area contributed by atoms with Gasteiger partial charge in [0, 0.05) is 23.2 Å². The minimum absolute atomic E-state index is 0.0206. The van der Waals surface area contributed by atoms with Crippen LogP contribution in [-0.2, 0) is 9.47 Å². The minimum atomic E-state index is -4.78. The number of piperidine rings is 1. The smallest absolute Gasteiger partial charge is 0.447 e. The molecule has 14 heteroatoms. The number of carbonyl (C=O) groups excluding carboxylic acids is 2. The molecule has 0 spiro atoms. The highest BCUT2D eigenvalue weighted by Crippen LogP contribution is 2.33. The van der Waals surface area contributed by atoms with Crippen molar-refractivity contribution >= 4 is 23.6 Å². The predicted octanol–water partition coefficient (Wildman–Crippen LogP) is 4.51. The van der Waals surface area contributed by atoms with Crippen LogP contribution in [0.1, 0.15) is 55.9 Å². The van der Waals surface area contributed by atoms with Crippen molar-refractivity contribution in [3.05, 3.63) is 40.7 Å². The standard InChI is InChI=1S/C22H26ClF3N4O6/c1-21(2,3)36-20(32)30-12-15(27-17(31)13-5-4-6-14(23)11-13)7-8-16(30)18-28-29-19(35-18)33-9-10-34-22(24,25)26/h4-6,11,15-16H,7-10,12H2,1-3H3,(H,27,31)/t15?,16-/m0/s1. The van der Waals surface area contributed by atoms with E-state index >= 15 is 0 Å². The maximum Gasteiger partial charge on any atom is 0.522 e. The van der Waals surface area contributed by atoms with E-state index in [1.807, 2.05) is 0 Å². The van der Waals surface area contributed by atoms with Crippen LogP contribution in [-0.4, -0.2) is 64.9 Å². The number of benzene rings is 1. The van der Waals surface area contributed by atoms with Crippen LogP contribution in [0.2, 0.25) is 5.02 Å². The second kappa shape index (κ2) is 11.3. The van der Waals surface area contributed by atoms with Gasteiger partial charge in [-0.3, -0.25) is 14.4 Å². The Morgan fingerprint density at radius 1 is 1.19 bits per heavy atom. The summed E-state index contributed by atoms with van der Waals surface area (Å²) in [7, 11) is 0. The summed E-state index contributed by atoms with van der Waals surface area (Å²) in [5, 5.41) is 10.9. The molecule has 2 aromatic rings. The van der Waals surface area contributed by atoms with Gasteiger partial charge >= 0.3 is 18.5 Å². The van der Waals surface area contributed by atoms with Crippen LogP contribution < -0.4 is 10.1 Å². The van der Waals surface area contributed by atoms with Crippen molar-refractivity contribution in [3.8, 4) is 6.08 Å². The van der Waals surface area contributed by atoms with Gasteiger partial charge in [0.1, 0.15) is 18.2 Å². The second-order valence-electron chi connectivity index (χ2n) is 8.96. The van der Waals surface area contributed by atoms with E-state index in [1.165, 1.54) is 11.0 Å². The lowest BCUT2D eigenvalue weighted by Gasteiger charge is -2.38. The first kappa shape index (κ1) is 27.5. The van der Waals surface area contributed by atoms with E-state index in [9.17, 15) is 22.8 Å². The highest BCUT2D eigenvalue weighted by atomic mass is 35.5. The Labute approximate surface area is 210 Å². The molecule has 36 heavy (non-hydrogen) atoms. The lowest BCUT2D eigenvalue weighted by atomic mass is 9.98. The van der Waals surface area contributed by atoms with E-state index in [0.29, 0.717) is 23.4 Å². The van der Waals surface area contributed by atoms with E-state index in [-0.39, 0.29) is 24.4 Å². The average molecular weight is 535 g/mol. The molecule has 0 radical (unpaired) electrons. The summed E-state index contributed by atoms with van der Waals surface area (Å²) in [6.45, 7) is 3.99. The first-order chi connectivity index (χ1) is 16.8. The topological polar surface area (TPSA) is 116 Å². The number of aromatic nitrogens is 2. The highest BCUT2D eigenvalue weighted by Gasteiger charge is 2.39. The number of halogens is 4. The SMILES string of the molecule is CC(C)(C)OC(=O)N1CC(NC(=O)c2cccc(Cl)c2)CC[C@H]1c1nnc(OCCOC(F)(F)F)o1. The number of nitrogens with zero attached hydrogens (tertiary/aromatic N) is 3. The number of ether oxygens (including phenoxy) is 3. The fraction of sp³-hybridized carbons (Fsp3) is 0.545. The van der Waals surface area contributed by atoms with Crippen LogP contribution in [0.5, 0.6) is 6.08 Å². The number of rotatable bonds is 7. The van der Waals surface area contributed by atoms with Gasteiger partial charge in [-0.25, -0.2) is 4.79 Å². The van der Waals surface area contributed by atoms with Gasteiger partial charge in [0.25, 0.3) is 5.91 Å². The molecule has 1 aromatic carbocycles. The van der Waals surface area contributed by atoms with Crippen molar-refractivity contribution in [2.45, 2.75) is 57.7 Å². The van der Waals surface area contributed by atoms with Gasteiger partial charge in [-0.05, 0) is 51.8 Å². The number of nitrogens with one attached hydrogen (secondary N) is 1. The Hall–Kier alpha value is -3.06. The summed E-state index contributed by atoms with van der Waals surface area (Å²) in [4.78, 5) is 27.0. The van der Waals surface area contributed by atoms with Gasteiger partial charge in [0.2, 0.25) is 5.89 Å². The molecule has 0 bridgehead atoms. The van der Waals surface area contributed by atoms with Crippen LogP contribution in [0, 0.1) is 0 Å². The lowest BCUT2D eigenvalue weighted by molar-refractivity contribution is -0.325. The molecule has 1 aliphatic rings. The molecule has 0 saturated carbocycles. The molecular weight excluding hydrogens is 509 g/mol. The van der Waals surface area contributed by atoms with Crippen LogP contribution in [0.25, 0.3) is 0 Å². The summed E-state index contributed by atoms with van der Waals surface area (Å²) in [5.74, 6) is -0.327. The fourth-order valence-electron chi connectivity index (χ4n) is 3.47. The molecular formula is C22H26ClF3N4O6. The summed E-state index contributed by atoms with van der Waals surface area (Å²) >= 11 is 5.97. The van der Waals surface area contributed by atoms with Gasteiger partial charge in [0.15, 0.2) is 0 Å². The van der Waals surface area contributed by atoms with Gasteiger partial charge in [-0.1, -0.05) is 22.8 Å². The van der Waals surface area contributed by atoms with Crippen LogP contribution in [0.4, 0.5) is 18.0 Å². The van der Waals surface area contributed by atoms with E-state index in [4.69, 9.17) is 25.5 Å². The van der Waals surface area contributed by atoms with E-state index in [2.05, 4.69) is 20.3 Å². The van der Waals surface area contributed by atoms with Crippen molar-refractivity contribution in [2.24, 2.45) is 0 Å². The zero-order chi connectivity index (χ0) is 26.5. The second-order valence-corrected chi connectivity index (χ2v) is 9.39. The van der Waals surface area contributed by atoms with Crippen molar-refractivity contribution in [1.29, 1.82) is 0 Å². The van der Waals surface area contributed by atoms with Gasteiger partial charge in [-0.2, -0.15) is 0 Å². The molecule has 3 rings (SSSR count). The Bertz CT molecular complexity index is 1060. The van der Waals surface area contributed by atoms with Crippen molar-refractivity contribution in [2.75, 3.05) is 19.8 Å². The molecule has 1 saturated heterocycles. The molecule has 2 atom stereocenters. The quantitative estimate of drug-likeness (QED) is 0.516. The number of alkyl halides is 3.